The Labute approximate surface area is 128 Å². The molecule has 1 N–H and O–H groups in total. The normalized spacial score (nSPS) is 14.8. The molecule has 106 valence electrons. The largest absolute Gasteiger partial charge is 0.309 e. The highest BCUT2D eigenvalue weighted by atomic mass is 79.9. The van der Waals surface area contributed by atoms with Gasteiger partial charge in [0.25, 0.3) is 0 Å². The van der Waals surface area contributed by atoms with Crippen LogP contribution in [-0.2, 0) is 6.54 Å². The van der Waals surface area contributed by atoms with E-state index in [1.54, 1.807) is 6.07 Å². The van der Waals surface area contributed by atoms with Gasteiger partial charge < -0.3 is 5.32 Å². The van der Waals surface area contributed by atoms with Gasteiger partial charge in [-0.25, -0.2) is 13.8 Å². The molecule has 0 atom stereocenters. The van der Waals surface area contributed by atoms with Crippen LogP contribution in [0, 0.1) is 18.6 Å². The fraction of sp³-hybridized carbons (Fsp3) is 0.357. The Balaban J connectivity index is 1.90. The van der Waals surface area contributed by atoms with Gasteiger partial charge in [0.05, 0.1) is 10.2 Å². The van der Waals surface area contributed by atoms with E-state index >= 15 is 0 Å². The maximum absolute atomic E-state index is 13.6. The summed E-state index contributed by atoms with van der Waals surface area (Å²) in [5.74, 6) is -1.72. The van der Waals surface area contributed by atoms with Gasteiger partial charge in [-0.3, -0.25) is 0 Å². The lowest BCUT2D eigenvalue weighted by atomic mass is 10.2. The van der Waals surface area contributed by atoms with E-state index in [1.807, 2.05) is 6.92 Å². The van der Waals surface area contributed by atoms with Crippen molar-refractivity contribution in [3.63, 3.8) is 0 Å². The van der Waals surface area contributed by atoms with Crippen molar-refractivity contribution in [3.05, 3.63) is 38.8 Å². The lowest BCUT2D eigenvalue weighted by Gasteiger charge is -2.02. The van der Waals surface area contributed by atoms with Crippen LogP contribution in [0.15, 0.2) is 16.6 Å². The summed E-state index contributed by atoms with van der Waals surface area (Å²) in [6, 6.07) is 3.32. The molecule has 1 aromatic heterocycles. The Bertz CT molecular complexity index is 653. The molecule has 0 radical (unpaired) electrons. The minimum Gasteiger partial charge on any atom is -0.309 e. The van der Waals surface area contributed by atoms with Gasteiger partial charge in [0, 0.05) is 23.0 Å². The van der Waals surface area contributed by atoms with E-state index in [9.17, 15) is 8.78 Å². The van der Waals surface area contributed by atoms with Gasteiger partial charge in [0.2, 0.25) is 0 Å². The molecular weight excluding hydrogens is 346 g/mol. The van der Waals surface area contributed by atoms with Crippen molar-refractivity contribution in [2.75, 3.05) is 0 Å². The van der Waals surface area contributed by atoms with Crippen molar-refractivity contribution < 1.29 is 8.78 Å². The van der Waals surface area contributed by atoms with Crippen LogP contribution in [0.25, 0.3) is 10.6 Å². The van der Waals surface area contributed by atoms with E-state index < -0.39 is 11.6 Å². The zero-order chi connectivity index (χ0) is 14.3. The molecule has 6 heteroatoms. The quantitative estimate of drug-likeness (QED) is 0.818. The standard InChI is InChI=1S/C14H13BrF2N2S/c1-7-11(6-18-8-2-3-8)20-14(19-7)9-4-5-10(16)13(17)12(9)15/h4-5,8,18H,2-3,6H2,1H3. The maximum atomic E-state index is 13.6. The molecule has 0 saturated heterocycles. The second-order valence-corrected chi connectivity index (χ2v) is 6.78. The molecule has 20 heavy (non-hydrogen) atoms. The fourth-order valence-electron chi connectivity index (χ4n) is 1.92. The number of aryl methyl sites for hydroxylation is 1. The van der Waals surface area contributed by atoms with Gasteiger partial charge >= 0.3 is 0 Å². The fourth-order valence-corrected chi connectivity index (χ4v) is 3.61. The monoisotopic (exact) mass is 358 g/mol. The SMILES string of the molecule is Cc1nc(-c2ccc(F)c(F)c2Br)sc1CNC1CC1. The van der Waals surface area contributed by atoms with Gasteiger partial charge in [-0.15, -0.1) is 11.3 Å². The molecule has 0 amide bonds. The molecule has 2 nitrogen and oxygen atoms in total. The molecule has 1 saturated carbocycles. The third-order valence-electron chi connectivity index (χ3n) is 3.29. The first-order chi connectivity index (χ1) is 9.56. The minimum absolute atomic E-state index is 0.132. The third kappa shape index (κ3) is 2.77. The molecule has 2 aromatic rings. The molecular formula is C14H13BrF2N2S. The first kappa shape index (κ1) is 14.1. The van der Waals surface area contributed by atoms with E-state index in [4.69, 9.17) is 0 Å². The summed E-state index contributed by atoms with van der Waals surface area (Å²) in [4.78, 5) is 5.61. The average Bonchev–Trinajstić information content (AvgIpc) is 3.18. The van der Waals surface area contributed by atoms with Gasteiger partial charge in [0.15, 0.2) is 11.6 Å². The molecule has 0 bridgehead atoms. The van der Waals surface area contributed by atoms with Gasteiger partial charge in [-0.2, -0.15) is 0 Å². The second-order valence-electron chi connectivity index (χ2n) is 4.91. The average molecular weight is 359 g/mol. The van der Waals surface area contributed by atoms with E-state index in [1.165, 1.54) is 24.2 Å². The van der Waals surface area contributed by atoms with Crippen molar-refractivity contribution in [2.45, 2.75) is 32.4 Å². The van der Waals surface area contributed by atoms with Crippen LogP contribution in [0.2, 0.25) is 0 Å². The van der Waals surface area contributed by atoms with Crippen molar-refractivity contribution in [1.82, 2.24) is 10.3 Å². The first-order valence-corrected chi connectivity index (χ1v) is 8.00. The highest BCUT2D eigenvalue weighted by Crippen LogP contribution is 2.35. The number of aromatic nitrogens is 1. The van der Waals surface area contributed by atoms with Crippen molar-refractivity contribution >= 4 is 27.3 Å². The van der Waals surface area contributed by atoms with Crippen LogP contribution >= 0.6 is 27.3 Å². The smallest absolute Gasteiger partial charge is 0.173 e. The molecule has 1 fully saturated rings. The van der Waals surface area contributed by atoms with E-state index in [0.717, 1.165) is 23.2 Å². The van der Waals surface area contributed by atoms with Crippen LogP contribution < -0.4 is 5.32 Å². The van der Waals surface area contributed by atoms with Crippen molar-refractivity contribution in [2.24, 2.45) is 0 Å². The second kappa shape index (κ2) is 5.50. The van der Waals surface area contributed by atoms with E-state index in [0.29, 0.717) is 16.6 Å². The zero-order valence-corrected chi connectivity index (χ0v) is 13.2. The summed E-state index contributed by atoms with van der Waals surface area (Å²) in [6.07, 6.45) is 2.47. The van der Waals surface area contributed by atoms with Gasteiger partial charge in [-0.1, -0.05) is 0 Å². The summed E-state index contributed by atoms with van der Waals surface area (Å²) in [6.45, 7) is 2.73. The lowest BCUT2D eigenvalue weighted by Crippen LogP contribution is -2.14. The molecule has 1 aromatic carbocycles. The summed E-state index contributed by atoms with van der Waals surface area (Å²) in [7, 11) is 0. The molecule has 1 heterocycles. The van der Waals surface area contributed by atoms with E-state index in [2.05, 4.69) is 26.2 Å². The molecule has 1 aliphatic carbocycles. The molecule has 0 aliphatic heterocycles. The van der Waals surface area contributed by atoms with Gasteiger partial charge in [-0.05, 0) is 47.8 Å². The minimum atomic E-state index is -0.868. The maximum Gasteiger partial charge on any atom is 0.173 e. The van der Waals surface area contributed by atoms with Crippen LogP contribution in [0.5, 0.6) is 0 Å². The van der Waals surface area contributed by atoms with E-state index in [-0.39, 0.29) is 4.47 Å². The number of benzene rings is 1. The van der Waals surface area contributed by atoms with Crippen LogP contribution in [0.4, 0.5) is 8.78 Å². The topological polar surface area (TPSA) is 24.9 Å². The summed E-state index contributed by atoms with van der Waals surface area (Å²) >= 11 is 4.63. The molecule has 0 unspecified atom stereocenters. The van der Waals surface area contributed by atoms with Crippen LogP contribution in [-0.4, -0.2) is 11.0 Å². The summed E-state index contributed by atoms with van der Waals surface area (Å²) in [5, 5.41) is 4.15. The predicted octanol–water partition coefficient (Wildman–Crippen LogP) is 4.41. The van der Waals surface area contributed by atoms with Crippen molar-refractivity contribution in [1.29, 1.82) is 0 Å². The number of hydrogen-bond donors (Lipinski definition) is 1. The molecule has 0 spiro atoms. The third-order valence-corrected chi connectivity index (χ3v) is 5.25. The molecule has 3 rings (SSSR count). The number of thiazole rings is 1. The Kier molecular flexibility index (Phi) is 3.88. The number of halogens is 3. The number of hydrogen-bond acceptors (Lipinski definition) is 3. The van der Waals surface area contributed by atoms with Crippen LogP contribution in [0.3, 0.4) is 0 Å². The lowest BCUT2D eigenvalue weighted by molar-refractivity contribution is 0.505. The number of nitrogens with zero attached hydrogens (tertiary/aromatic N) is 1. The Morgan fingerprint density at radius 2 is 2.15 bits per heavy atom. The van der Waals surface area contributed by atoms with Crippen LogP contribution in [0.1, 0.15) is 23.4 Å². The first-order valence-electron chi connectivity index (χ1n) is 6.40. The predicted molar refractivity (Wildman–Crippen MR) is 79.8 cm³/mol. The van der Waals surface area contributed by atoms with Gasteiger partial charge in [0.1, 0.15) is 5.01 Å². The number of nitrogens with one attached hydrogen (secondary N) is 1. The highest BCUT2D eigenvalue weighted by Gasteiger charge is 2.22. The number of rotatable bonds is 4. The Morgan fingerprint density at radius 1 is 1.40 bits per heavy atom. The summed E-state index contributed by atoms with van der Waals surface area (Å²) in [5.41, 5.74) is 1.53. The Hall–Kier alpha value is -0.850. The summed E-state index contributed by atoms with van der Waals surface area (Å²) < 4.78 is 26.9. The highest BCUT2D eigenvalue weighted by molar-refractivity contribution is 9.10. The van der Waals surface area contributed by atoms with Crippen molar-refractivity contribution in [3.8, 4) is 10.6 Å². The molecule has 1 aliphatic rings. The zero-order valence-electron chi connectivity index (χ0n) is 10.8. The Morgan fingerprint density at radius 3 is 2.85 bits per heavy atom.